The third kappa shape index (κ3) is 1.65. The Morgan fingerprint density at radius 3 is 2.93 bits per heavy atom. The van der Waals surface area contributed by atoms with Gasteiger partial charge in [-0.2, -0.15) is 0 Å². The minimum absolute atomic E-state index is 0.446. The van der Waals surface area contributed by atoms with Gasteiger partial charge in [-0.1, -0.05) is 18.1 Å². The van der Waals surface area contributed by atoms with Crippen LogP contribution in [0.3, 0.4) is 0 Å². The molecule has 0 aromatic rings. The summed E-state index contributed by atoms with van der Waals surface area (Å²) in [6.45, 7) is 0. The molecule has 0 aromatic heterocycles. The topological polar surface area (TPSA) is 34.1 Å². The quantitative estimate of drug-likeness (QED) is 0.593. The number of sulfone groups is 1. The van der Waals surface area contributed by atoms with Crippen LogP contribution in [0.2, 0.25) is 0 Å². The first kappa shape index (κ1) is 9.88. The summed E-state index contributed by atoms with van der Waals surface area (Å²) in [5, 5.41) is 0. The minimum Gasteiger partial charge on any atom is -0.229 e. The van der Waals surface area contributed by atoms with E-state index in [0.29, 0.717) is 29.3 Å². The summed E-state index contributed by atoms with van der Waals surface area (Å²) in [6.07, 6.45) is 8.45. The van der Waals surface area contributed by atoms with Gasteiger partial charge in [0.05, 0.1) is 11.5 Å². The molecule has 0 N–H and O–H groups in total. The van der Waals surface area contributed by atoms with Crippen molar-refractivity contribution in [2.75, 3.05) is 11.5 Å². The molecule has 2 nitrogen and oxygen atoms in total. The molecule has 2 fully saturated rings. The van der Waals surface area contributed by atoms with Crippen molar-refractivity contribution in [3.8, 4) is 0 Å². The van der Waals surface area contributed by atoms with Gasteiger partial charge in [-0.05, 0) is 43.4 Å². The van der Waals surface area contributed by atoms with E-state index < -0.39 is 9.84 Å². The van der Waals surface area contributed by atoms with E-state index in [9.17, 15) is 8.42 Å². The normalized spacial score (nSPS) is 42.9. The minimum atomic E-state index is -2.71. The van der Waals surface area contributed by atoms with Gasteiger partial charge in [0.15, 0.2) is 9.84 Å². The monoisotopic (exact) mass is 226 g/mol. The molecule has 0 spiro atoms. The van der Waals surface area contributed by atoms with Gasteiger partial charge in [0.25, 0.3) is 0 Å². The van der Waals surface area contributed by atoms with Gasteiger partial charge in [0, 0.05) is 0 Å². The van der Waals surface area contributed by atoms with Crippen LogP contribution in [0, 0.1) is 17.8 Å². The number of hydrogen-bond acceptors (Lipinski definition) is 2. The molecule has 3 atom stereocenters. The molecule has 3 rings (SSSR count). The SMILES string of the molecule is O=S1(=O)C[C@@H]2CC=C3CCCC[C@H]3[C@H]2C1. The molecule has 0 bridgehead atoms. The molecule has 1 aliphatic heterocycles. The predicted molar refractivity (Wildman–Crippen MR) is 60.3 cm³/mol. The second kappa shape index (κ2) is 3.34. The lowest BCUT2D eigenvalue weighted by Gasteiger charge is -2.36. The summed E-state index contributed by atoms with van der Waals surface area (Å²) in [6, 6.07) is 0. The number of hydrogen-bond donors (Lipinski definition) is 0. The fraction of sp³-hybridized carbons (Fsp3) is 0.833. The molecule has 84 valence electrons. The van der Waals surface area contributed by atoms with Crippen molar-refractivity contribution in [3.63, 3.8) is 0 Å². The molecule has 3 aliphatic rings. The van der Waals surface area contributed by atoms with Crippen LogP contribution in [-0.4, -0.2) is 19.9 Å². The standard InChI is InChI=1S/C12H18O2S/c13-15(14)7-10-6-5-9-3-1-2-4-11(9)12(10)8-15/h5,10-12H,1-4,6-8H2/t10-,11+,12-/m0/s1. The zero-order valence-corrected chi connectivity index (χ0v) is 9.80. The number of rotatable bonds is 0. The maximum atomic E-state index is 11.6. The molecule has 0 unspecified atom stereocenters. The van der Waals surface area contributed by atoms with Crippen molar-refractivity contribution >= 4 is 9.84 Å². The van der Waals surface area contributed by atoms with Gasteiger partial charge < -0.3 is 0 Å². The van der Waals surface area contributed by atoms with Crippen LogP contribution in [0.1, 0.15) is 32.1 Å². The summed E-state index contributed by atoms with van der Waals surface area (Å²) < 4.78 is 23.3. The van der Waals surface area contributed by atoms with Gasteiger partial charge >= 0.3 is 0 Å². The number of fused-ring (bicyclic) bond motifs is 3. The first-order chi connectivity index (χ1) is 7.16. The first-order valence-electron chi connectivity index (χ1n) is 6.05. The Bertz CT molecular complexity index is 394. The predicted octanol–water partition coefficient (Wildman–Crippen LogP) is 2.17. The molecule has 2 aliphatic carbocycles. The van der Waals surface area contributed by atoms with Gasteiger partial charge in [0.1, 0.15) is 0 Å². The summed E-state index contributed by atoms with van der Waals surface area (Å²) in [7, 11) is -2.71. The van der Waals surface area contributed by atoms with Crippen molar-refractivity contribution in [2.24, 2.45) is 17.8 Å². The summed E-state index contributed by atoms with van der Waals surface area (Å²) in [4.78, 5) is 0. The van der Waals surface area contributed by atoms with Crippen LogP contribution in [0.5, 0.6) is 0 Å². The maximum absolute atomic E-state index is 11.6. The Kier molecular flexibility index (Phi) is 2.20. The summed E-state index contributed by atoms with van der Waals surface area (Å²) in [5.41, 5.74) is 1.58. The van der Waals surface area contributed by atoms with Crippen molar-refractivity contribution in [1.29, 1.82) is 0 Å². The zero-order chi connectivity index (χ0) is 10.5. The second-order valence-corrected chi connectivity index (χ2v) is 7.52. The van der Waals surface area contributed by atoms with Crippen molar-refractivity contribution in [1.82, 2.24) is 0 Å². The molecule has 1 heterocycles. The fourth-order valence-electron chi connectivity index (χ4n) is 3.74. The molecule has 1 saturated heterocycles. The third-order valence-electron chi connectivity index (χ3n) is 4.43. The molecule has 3 heteroatoms. The highest BCUT2D eigenvalue weighted by molar-refractivity contribution is 7.91. The smallest absolute Gasteiger partial charge is 0.150 e. The van der Waals surface area contributed by atoms with Gasteiger partial charge in [0.2, 0.25) is 0 Å². The highest BCUT2D eigenvalue weighted by Gasteiger charge is 2.44. The Labute approximate surface area is 91.7 Å². The molecular formula is C12H18O2S. The lowest BCUT2D eigenvalue weighted by atomic mass is 9.68. The van der Waals surface area contributed by atoms with E-state index >= 15 is 0 Å². The molecule has 1 saturated carbocycles. The highest BCUT2D eigenvalue weighted by atomic mass is 32.2. The van der Waals surface area contributed by atoms with E-state index in [1.165, 1.54) is 25.7 Å². The molecule has 0 aromatic carbocycles. The van der Waals surface area contributed by atoms with Crippen LogP contribution in [0.25, 0.3) is 0 Å². The third-order valence-corrected chi connectivity index (χ3v) is 6.26. The van der Waals surface area contributed by atoms with E-state index in [4.69, 9.17) is 0 Å². The lowest BCUT2D eigenvalue weighted by molar-refractivity contribution is 0.255. The Hall–Kier alpha value is -0.310. The van der Waals surface area contributed by atoms with Gasteiger partial charge in [-0.25, -0.2) is 8.42 Å². The van der Waals surface area contributed by atoms with E-state index in [0.717, 1.165) is 6.42 Å². The zero-order valence-electron chi connectivity index (χ0n) is 8.98. The Morgan fingerprint density at radius 1 is 1.20 bits per heavy atom. The Morgan fingerprint density at radius 2 is 2.07 bits per heavy atom. The van der Waals surface area contributed by atoms with E-state index in [-0.39, 0.29) is 0 Å². The second-order valence-electron chi connectivity index (χ2n) is 5.37. The Balaban J connectivity index is 1.90. The van der Waals surface area contributed by atoms with E-state index in [2.05, 4.69) is 6.08 Å². The van der Waals surface area contributed by atoms with Crippen LogP contribution < -0.4 is 0 Å². The summed E-state index contributed by atoms with van der Waals surface area (Å²) in [5.74, 6) is 2.46. The maximum Gasteiger partial charge on any atom is 0.150 e. The molecule has 0 radical (unpaired) electrons. The van der Waals surface area contributed by atoms with Gasteiger partial charge in [-0.3, -0.25) is 0 Å². The highest BCUT2D eigenvalue weighted by Crippen LogP contribution is 2.46. The van der Waals surface area contributed by atoms with Crippen molar-refractivity contribution in [2.45, 2.75) is 32.1 Å². The van der Waals surface area contributed by atoms with Crippen LogP contribution >= 0.6 is 0 Å². The first-order valence-corrected chi connectivity index (χ1v) is 7.87. The molecule has 15 heavy (non-hydrogen) atoms. The average Bonchev–Trinajstić information content (AvgIpc) is 2.52. The lowest BCUT2D eigenvalue weighted by Crippen LogP contribution is -2.29. The van der Waals surface area contributed by atoms with Crippen LogP contribution in [-0.2, 0) is 9.84 Å². The average molecular weight is 226 g/mol. The number of allylic oxidation sites excluding steroid dienone is 2. The fourth-order valence-corrected chi connectivity index (χ4v) is 6.01. The van der Waals surface area contributed by atoms with E-state index in [1.54, 1.807) is 5.57 Å². The van der Waals surface area contributed by atoms with Crippen molar-refractivity contribution < 1.29 is 8.42 Å². The van der Waals surface area contributed by atoms with E-state index in [1.807, 2.05) is 0 Å². The molecular weight excluding hydrogens is 208 g/mol. The van der Waals surface area contributed by atoms with Crippen molar-refractivity contribution in [3.05, 3.63) is 11.6 Å². The molecule has 0 amide bonds. The summed E-state index contributed by atoms with van der Waals surface area (Å²) >= 11 is 0. The largest absolute Gasteiger partial charge is 0.229 e. The van der Waals surface area contributed by atoms with Crippen LogP contribution in [0.4, 0.5) is 0 Å². The van der Waals surface area contributed by atoms with Gasteiger partial charge in [-0.15, -0.1) is 0 Å². The van der Waals surface area contributed by atoms with Crippen LogP contribution in [0.15, 0.2) is 11.6 Å².